The molecule has 1 aromatic heterocycles. The number of aryl methyl sites for hydroxylation is 3. The van der Waals surface area contributed by atoms with Crippen molar-refractivity contribution in [3.05, 3.63) is 107 Å². The van der Waals surface area contributed by atoms with E-state index < -0.39 is 50.1 Å². The molecule has 0 saturated carbocycles. The van der Waals surface area contributed by atoms with E-state index in [1.165, 1.54) is 24.3 Å². The van der Waals surface area contributed by atoms with E-state index in [2.05, 4.69) is 0 Å². The van der Waals surface area contributed by atoms with Crippen LogP contribution in [0.3, 0.4) is 0 Å². The van der Waals surface area contributed by atoms with Crippen LogP contribution in [0.1, 0.15) is 33.8 Å². The third kappa shape index (κ3) is 7.35. The van der Waals surface area contributed by atoms with Crippen LogP contribution in [-0.4, -0.2) is 38.0 Å². The molecule has 3 aromatic carbocycles. The summed E-state index contributed by atoms with van der Waals surface area (Å²) in [7, 11) is -8.19. The van der Waals surface area contributed by atoms with Crippen LogP contribution in [0.2, 0.25) is 0 Å². The lowest BCUT2D eigenvalue weighted by Gasteiger charge is -2.24. The van der Waals surface area contributed by atoms with E-state index in [1.807, 2.05) is 6.92 Å². The van der Waals surface area contributed by atoms with Gasteiger partial charge in [0.05, 0.1) is 16.3 Å². The highest BCUT2D eigenvalue weighted by Crippen LogP contribution is 2.33. The first-order valence-corrected chi connectivity index (χ1v) is 15.9. The number of carboxylic acids is 1. The van der Waals surface area contributed by atoms with Crippen molar-refractivity contribution in [2.75, 3.05) is 5.75 Å². The number of nitrogens with zero attached hydrogens (tertiary/aromatic N) is 1. The van der Waals surface area contributed by atoms with Gasteiger partial charge in [0.25, 0.3) is 0 Å². The van der Waals surface area contributed by atoms with E-state index in [1.54, 1.807) is 50.2 Å². The molecular weight excluding hydrogens is 607 g/mol. The van der Waals surface area contributed by atoms with Crippen LogP contribution in [-0.2, 0) is 43.9 Å². The average molecular weight is 636 g/mol. The van der Waals surface area contributed by atoms with Gasteiger partial charge in [-0.25, -0.2) is 16.8 Å². The van der Waals surface area contributed by atoms with Crippen LogP contribution in [0.4, 0.5) is 13.2 Å². The summed E-state index contributed by atoms with van der Waals surface area (Å²) >= 11 is 0. The van der Waals surface area contributed by atoms with Crippen molar-refractivity contribution in [2.24, 2.45) is 0 Å². The van der Waals surface area contributed by atoms with Crippen molar-refractivity contribution in [3.63, 3.8) is 0 Å². The second kappa shape index (κ2) is 12.0. The zero-order valence-corrected chi connectivity index (χ0v) is 25.0. The number of hydrogen-bond acceptors (Lipinski definition) is 6. The average Bonchev–Trinajstić information content (AvgIpc) is 3.37. The number of carboxylic acid groups (broad SMARTS) is 1. The lowest BCUT2D eigenvalue weighted by molar-refractivity contribution is -0.153. The number of alkyl halides is 3. The zero-order valence-electron chi connectivity index (χ0n) is 23.3. The van der Waals surface area contributed by atoms with E-state index in [9.17, 15) is 34.8 Å². The molecule has 0 aliphatic heterocycles. The molecule has 4 rings (SSSR count). The van der Waals surface area contributed by atoms with Crippen LogP contribution in [0.15, 0.2) is 87.0 Å². The minimum atomic E-state index is -4.72. The molecule has 228 valence electrons. The van der Waals surface area contributed by atoms with Gasteiger partial charge in [-0.05, 0) is 72.9 Å². The second-order valence-corrected chi connectivity index (χ2v) is 14.0. The number of sulfone groups is 1. The van der Waals surface area contributed by atoms with Gasteiger partial charge >= 0.3 is 12.1 Å². The quantitative estimate of drug-likeness (QED) is 0.222. The highest BCUT2D eigenvalue weighted by Gasteiger charge is 2.36. The molecule has 1 N–H and O–H groups in total. The minimum absolute atomic E-state index is 0.0651. The molecule has 8 nitrogen and oxygen atoms in total. The molecule has 13 heteroatoms. The molecule has 0 bridgehead atoms. The van der Waals surface area contributed by atoms with Crippen molar-refractivity contribution in [3.8, 4) is 11.1 Å². The molecule has 43 heavy (non-hydrogen) atoms. The fourth-order valence-corrected chi connectivity index (χ4v) is 7.67. The summed E-state index contributed by atoms with van der Waals surface area (Å²) in [5, 5.41) is 8.83. The summed E-state index contributed by atoms with van der Waals surface area (Å²) in [4.78, 5) is 10.8. The molecule has 0 unspecified atom stereocenters. The van der Waals surface area contributed by atoms with Gasteiger partial charge in [-0.3, -0.25) is 4.79 Å². The number of aliphatic carboxylic acids is 1. The Labute approximate surface area is 247 Å². The predicted molar refractivity (Wildman–Crippen MR) is 152 cm³/mol. The van der Waals surface area contributed by atoms with Gasteiger partial charge in [-0.2, -0.15) is 17.5 Å². The van der Waals surface area contributed by atoms with Crippen LogP contribution in [0, 0.1) is 20.8 Å². The SMILES string of the molecule is Cc1cc(C)c(S(=O)(=O)N(Cc2ccc(-c3ccc(S(=O)(=O)CC(=O)O)cc3)cc2)Cc2ccc(C(F)(F)F)o2)c(C)c1. The van der Waals surface area contributed by atoms with E-state index in [0.29, 0.717) is 27.8 Å². The van der Waals surface area contributed by atoms with Crippen molar-refractivity contribution >= 4 is 25.8 Å². The number of benzene rings is 3. The predicted octanol–water partition coefficient (Wildman–Crippen LogP) is 6.14. The Hall–Kier alpha value is -3.94. The molecule has 0 saturated heterocycles. The number of hydrogen-bond donors (Lipinski definition) is 1. The van der Waals surface area contributed by atoms with Crippen LogP contribution in [0.25, 0.3) is 11.1 Å². The van der Waals surface area contributed by atoms with Crippen molar-refractivity contribution in [2.45, 2.75) is 49.8 Å². The second-order valence-electron chi connectivity index (χ2n) is 10.1. The number of halogens is 3. The number of carbonyl (C=O) groups is 1. The maximum atomic E-state index is 13.9. The highest BCUT2D eigenvalue weighted by atomic mass is 32.2. The fraction of sp³-hybridized carbons (Fsp3) is 0.233. The van der Waals surface area contributed by atoms with Crippen LogP contribution in [0.5, 0.6) is 0 Å². The molecule has 0 fully saturated rings. The summed E-state index contributed by atoms with van der Waals surface area (Å²) in [5.41, 5.74) is 3.71. The van der Waals surface area contributed by atoms with Crippen LogP contribution < -0.4 is 0 Å². The topological polar surface area (TPSA) is 122 Å². The summed E-state index contributed by atoms with van der Waals surface area (Å²) in [6.07, 6.45) is -4.72. The van der Waals surface area contributed by atoms with Gasteiger partial charge < -0.3 is 9.52 Å². The summed E-state index contributed by atoms with van der Waals surface area (Å²) in [6.45, 7) is 4.53. The molecule has 0 aliphatic rings. The van der Waals surface area contributed by atoms with Crippen molar-refractivity contribution in [1.29, 1.82) is 0 Å². The Morgan fingerprint density at radius 1 is 0.814 bits per heavy atom. The third-order valence-electron chi connectivity index (χ3n) is 6.65. The van der Waals surface area contributed by atoms with Crippen molar-refractivity contribution in [1.82, 2.24) is 4.31 Å². The third-order valence-corrected chi connectivity index (χ3v) is 10.4. The number of furan rings is 1. The van der Waals surface area contributed by atoms with Gasteiger partial charge in [-0.15, -0.1) is 0 Å². The van der Waals surface area contributed by atoms with Gasteiger partial charge in [-0.1, -0.05) is 54.1 Å². The highest BCUT2D eigenvalue weighted by molar-refractivity contribution is 7.92. The Bertz CT molecular complexity index is 1840. The molecule has 0 aliphatic carbocycles. The Balaban J connectivity index is 1.65. The molecule has 0 spiro atoms. The minimum Gasteiger partial charge on any atom is -0.480 e. The monoisotopic (exact) mass is 635 g/mol. The number of rotatable bonds is 10. The van der Waals surface area contributed by atoms with Crippen molar-refractivity contribution < 1.29 is 44.3 Å². The zero-order chi connectivity index (χ0) is 31.7. The molecule has 0 amide bonds. The van der Waals surface area contributed by atoms with Gasteiger partial charge in [0, 0.05) is 6.54 Å². The van der Waals surface area contributed by atoms with E-state index in [0.717, 1.165) is 22.0 Å². The van der Waals surface area contributed by atoms with E-state index in [-0.39, 0.29) is 22.1 Å². The first-order valence-electron chi connectivity index (χ1n) is 12.9. The first kappa shape index (κ1) is 32.0. The van der Waals surface area contributed by atoms with E-state index >= 15 is 0 Å². The Kier molecular flexibility index (Phi) is 8.91. The van der Waals surface area contributed by atoms with Gasteiger partial charge in [0.15, 0.2) is 15.6 Å². The molecule has 1 heterocycles. The Morgan fingerprint density at radius 3 is 1.84 bits per heavy atom. The smallest absolute Gasteiger partial charge is 0.449 e. The molecule has 4 aromatic rings. The van der Waals surface area contributed by atoms with E-state index in [4.69, 9.17) is 9.52 Å². The number of sulfonamides is 1. The lowest BCUT2D eigenvalue weighted by atomic mass is 10.0. The largest absolute Gasteiger partial charge is 0.480 e. The Morgan fingerprint density at radius 2 is 1.35 bits per heavy atom. The lowest BCUT2D eigenvalue weighted by Crippen LogP contribution is -2.31. The molecule has 0 radical (unpaired) electrons. The molecule has 0 atom stereocenters. The maximum Gasteiger partial charge on any atom is 0.449 e. The standard InChI is InChI=1S/C30H28F3NO7S2/c1-19-14-20(2)29(21(3)15-19)43(39,40)34(17-25-10-13-27(41-25)30(31,32)33)16-22-4-6-23(7-5-22)24-8-11-26(12-9-24)42(37,38)18-28(35)36/h4-15H,16-18H2,1-3H3,(H,35,36). The summed E-state index contributed by atoms with van der Waals surface area (Å²) in [6, 6.07) is 17.7. The molecular formula is C30H28F3NO7S2. The van der Waals surface area contributed by atoms with Crippen LogP contribution >= 0.6 is 0 Å². The first-order chi connectivity index (χ1) is 20.0. The fourth-order valence-electron chi connectivity index (χ4n) is 4.82. The van der Waals surface area contributed by atoms with Gasteiger partial charge in [0.1, 0.15) is 5.76 Å². The maximum absolute atomic E-state index is 13.9. The summed E-state index contributed by atoms with van der Waals surface area (Å²) < 4.78 is 97.7. The van der Waals surface area contributed by atoms with Gasteiger partial charge in [0.2, 0.25) is 15.8 Å². The normalized spacial score (nSPS) is 12.5. The summed E-state index contributed by atoms with van der Waals surface area (Å²) in [5.74, 6) is -3.89.